The van der Waals surface area contributed by atoms with E-state index in [1.165, 1.54) is 24.2 Å². The summed E-state index contributed by atoms with van der Waals surface area (Å²) in [5.74, 6) is 0.820. The molecule has 2 N–H and O–H groups in total. The van der Waals surface area contributed by atoms with Crippen molar-refractivity contribution in [1.82, 2.24) is 4.98 Å². The summed E-state index contributed by atoms with van der Waals surface area (Å²) in [4.78, 5) is 4.83. The van der Waals surface area contributed by atoms with Gasteiger partial charge in [-0.3, -0.25) is 0 Å². The summed E-state index contributed by atoms with van der Waals surface area (Å²) in [5, 5.41) is 13.3. The zero-order chi connectivity index (χ0) is 9.26. The predicted molar refractivity (Wildman–Crippen MR) is 54.3 cm³/mol. The van der Waals surface area contributed by atoms with Crippen LogP contribution in [-0.4, -0.2) is 16.6 Å². The molecule has 1 fully saturated rings. The van der Waals surface area contributed by atoms with Crippen LogP contribution in [0.15, 0.2) is 0 Å². The Bertz CT molecular complexity index is 298. The van der Waals surface area contributed by atoms with Gasteiger partial charge >= 0.3 is 0 Å². The Morgan fingerprint density at radius 2 is 2.38 bits per heavy atom. The summed E-state index contributed by atoms with van der Waals surface area (Å²) in [6.07, 6.45) is 2.64. The van der Waals surface area contributed by atoms with Crippen LogP contribution in [0.1, 0.15) is 17.7 Å². The first-order valence-corrected chi connectivity index (χ1v) is 5.49. The van der Waals surface area contributed by atoms with Crippen molar-refractivity contribution < 1.29 is 5.11 Å². The number of aliphatic hydroxyl groups excluding tert-OH is 1. The topological polar surface area (TPSA) is 45.1 Å². The summed E-state index contributed by atoms with van der Waals surface area (Å²) in [7, 11) is 0. The molecule has 1 aromatic heterocycles. The first-order valence-electron chi connectivity index (χ1n) is 4.29. The molecule has 1 saturated carbocycles. The van der Waals surface area contributed by atoms with E-state index in [1.54, 1.807) is 0 Å². The Morgan fingerprint density at radius 1 is 1.62 bits per heavy atom. The van der Waals surface area contributed by atoms with Crippen molar-refractivity contribution >= 4 is 28.1 Å². The van der Waals surface area contributed by atoms with Crippen LogP contribution in [0.3, 0.4) is 0 Å². The van der Waals surface area contributed by atoms with Gasteiger partial charge in [0.05, 0.1) is 11.5 Å². The number of halogens is 1. The summed E-state index contributed by atoms with van der Waals surface area (Å²) in [6, 6.07) is 0. The second-order valence-electron chi connectivity index (χ2n) is 3.22. The van der Waals surface area contributed by atoms with Crippen molar-refractivity contribution in [1.29, 1.82) is 0 Å². The van der Waals surface area contributed by atoms with Gasteiger partial charge in [-0.05, 0) is 18.8 Å². The molecule has 13 heavy (non-hydrogen) atoms. The average Bonchev–Trinajstić information content (AvgIpc) is 2.87. The molecule has 0 atom stereocenters. The van der Waals surface area contributed by atoms with Crippen LogP contribution in [0.25, 0.3) is 0 Å². The highest BCUT2D eigenvalue weighted by Gasteiger charge is 2.21. The van der Waals surface area contributed by atoms with Crippen LogP contribution in [0.2, 0.25) is 5.15 Å². The zero-order valence-electron chi connectivity index (χ0n) is 7.09. The van der Waals surface area contributed by atoms with Crippen LogP contribution in [0.4, 0.5) is 5.13 Å². The summed E-state index contributed by atoms with van der Waals surface area (Å²) >= 11 is 7.20. The number of hydrogen-bond donors (Lipinski definition) is 2. The van der Waals surface area contributed by atoms with E-state index in [0.29, 0.717) is 5.15 Å². The first-order chi connectivity index (χ1) is 6.29. The van der Waals surface area contributed by atoms with Gasteiger partial charge in [-0.15, -0.1) is 0 Å². The normalized spacial score (nSPS) is 16.2. The molecule has 0 radical (unpaired) electrons. The van der Waals surface area contributed by atoms with Crippen LogP contribution in [0, 0.1) is 5.92 Å². The standard InChI is InChI=1S/C8H11ClN2OS/c9-7-6(4-12)13-8(11-7)10-3-5-1-2-5/h5,12H,1-4H2,(H,10,11). The van der Waals surface area contributed by atoms with Crippen LogP contribution in [-0.2, 0) is 6.61 Å². The number of aliphatic hydroxyl groups is 1. The van der Waals surface area contributed by atoms with Gasteiger partial charge in [-0.25, -0.2) is 4.98 Å². The SMILES string of the molecule is OCc1sc(NCC2CC2)nc1Cl. The molecule has 5 heteroatoms. The van der Waals surface area contributed by atoms with Gasteiger partial charge in [0.15, 0.2) is 5.13 Å². The molecule has 2 rings (SSSR count). The van der Waals surface area contributed by atoms with E-state index in [0.717, 1.165) is 22.5 Å². The number of aromatic nitrogens is 1. The third-order valence-electron chi connectivity index (χ3n) is 2.03. The Labute approximate surface area is 85.8 Å². The van der Waals surface area contributed by atoms with Gasteiger partial charge in [0, 0.05) is 6.54 Å². The van der Waals surface area contributed by atoms with Gasteiger partial charge in [0.2, 0.25) is 0 Å². The molecule has 0 aromatic carbocycles. The maximum absolute atomic E-state index is 8.88. The lowest BCUT2D eigenvalue weighted by atomic mass is 10.4. The molecule has 0 aliphatic heterocycles. The number of hydrogen-bond acceptors (Lipinski definition) is 4. The van der Waals surface area contributed by atoms with Crippen LogP contribution < -0.4 is 5.32 Å². The molecule has 72 valence electrons. The van der Waals surface area contributed by atoms with Gasteiger partial charge in [0.1, 0.15) is 5.15 Å². The lowest BCUT2D eigenvalue weighted by molar-refractivity contribution is 0.285. The molecule has 1 aliphatic rings. The van der Waals surface area contributed by atoms with E-state index in [1.807, 2.05) is 0 Å². The van der Waals surface area contributed by atoms with Crippen molar-refractivity contribution in [3.8, 4) is 0 Å². The molecule has 3 nitrogen and oxygen atoms in total. The maximum atomic E-state index is 8.88. The number of anilines is 1. The molecular weight excluding hydrogens is 208 g/mol. The average molecular weight is 219 g/mol. The van der Waals surface area contributed by atoms with E-state index in [4.69, 9.17) is 16.7 Å². The van der Waals surface area contributed by atoms with E-state index in [2.05, 4.69) is 10.3 Å². The fraction of sp³-hybridized carbons (Fsp3) is 0.625. The molecule has 1 aliphatic carbocycles. The van der Waals surface area contributed by atoms with E-state index < -0.39 is 0 Å². The maximum Gasteiger partial charge on any atom is 0.184 e. The molecular formula is C8H11ClN2OS. The Morgan fingerprint density at radius 3 is 2.92 bits per heavy atom. The van der Waals surface area contributed by atoms with E-state index >= 15 is 0 Å². The predicted octanol–water partition coefficient (Wildman–Crippen LogP) is 2.11. The van der Waals surface area contributed by atoms with E-state index in [9.17, 15) is 0 Å². The Kier molecular flexibility index (Phi) is 2.71. The summed E-state index contributed by atoms with van der Waals surface area (Å²) < 4.78 is 0. The molecule has 0 saturated heterocycles. The Hall–Kier alpha value is -0.320. The highest BCUT2D eigenvalue weighted by Crippen LogP contribution is 2.31. The first kappa shape index (κ1) is 9.24. The quantitative estimate of drug-likeness (QED) is 0.814. The second-order valence-corrected chi connectivity index (χ2v) is 4.66. The molecule has 0 spiro atoms. The monoisotopic (exact) mass is 218 g/mol. The number of nitrogens with zero attached hydrogens (tertiary/aromatic N) is 1. The smallest absolute Gasteiger partial charge is 0.184 e. The highest BCUT2D eigenvalue weighted by molar-refractivity contribution is 7.16. The fourth-order valence-electron chi connectivity index (χ4n) is 1.06. The van der Waals surface area contributed by atoms with Crippen molar-refractivity contribution in [3.63, 3.8) is 0 Å². The van der Waals surface area contributed by atoms with Gasteiger partial charge < -0.3 is 10.4 Å². The Balaban J connectivity index is 1.94. The lowest BCUT2D eigenvalue weighted by Crippen LogP contribution is -2.02. The third kappa shape index (κ3) is 2.33. The third-order valence-corrected chi connectivity index (χ3v) is 3.45. The zero-order valence-corrected chi connectivity index (χ0v) is 8.66. The van der Waals surface area contributed by atoms with Gasteiger partial charge in [-0.2, -0.15) is 0 Å². The highest BCUT2D eigenvalue weighted by atomic mass is 35.5. The van der Waals surface area contributed by atoms with Crippen molar-refractivity contribution in [2.24, 2.45) is 5.92 Å². The lowest BCUT2D eigenvalue weighted by Gasteiger charge is -1.97. The molecule has 1 heterocycles. The van der Waals surface area contributed by atoms with Gasteiger partial charge in [-0.1, -0.05) is 22.9 Å². The summed E-state index contributed by atoms with van der Waals surface area (Å²) in [6.45, 7) is 0.955. The largest absolute Gasteiger partial charge is 0.391 e. The van der Waals surface area contributed by atoms with E-state index in [-0.39, 0.29) is 6.61 Å². The minimum absolute atomic E-state index is 0.0262. The second kappa shape index (κ2) is 3.82. The molecule has 1 aromatic rings. The van der Waals surface area contributed by atoms with Crippen molar-refractivity contribution in [2.45, 2.75) is 19.4 Å². The molecule has 0 unspecified atom stereocenters. The van der Waals surface area contributed by atoms with Gasteiger partial charge in [0.25, 0.3) is 0 Å². The minimum Gasteiger partial charge on any atom is -0.391 e. The van der Waals surface area contributed by atoms with Crippen molar-refractivity contribution in [3.05, 3.63) is 10.0 Å². The molecule has 0 bridgehead atoms. The number of nitrogens with one attached hydrogen (secondary N) is 1. The number of rotatable bonds is 4. The van der Waals surface area contributed by atoms with Crippen molar-refractivity contribution in [2.75, 3.05) is 11.9 Å². The summed E-state index contributed by atoms with van der Waals surface area (Å²) in [5.41, 5.74) is 0. The fourth-order valence-corrected chi connectivity index (χ4v) is 2.09. The van der Waals surface area contributed by atoms with Crippen LogP contribution in [0.5, 0.6) is 0 Å². The van der Waals surface area contributed by atoms with Crippen LogP contribution >= 0.6 is 22.9 Å². The number of thiazole rings is 1. The molecule has 0 amide bonds. The minimum atomic E-state index is -0.0262.